The van der Waals surface area contributed by atoms with Gasteiger partial charge in [0, 0.05) is 5.97 Å². The number of carboxylic acid groups (broad SMARTS) is 1. The zero-order valence-electron chi connectivity index (χ0n) is 25.4. The van der Waals surface area contributed by atoms with Crippen LogP contribution in [0.1, 0.15) is 96.4 Å². The number of nitro groups is 2. The van der Waals surface area contributed by atoms with Crippen LogP contribution >= 0.6 is 0 Å². The van der Waals surface area contributed by atoms with Crippen LogP contribution in [0.4, 0.5) is 11.4 Å². The molecule has 12 nitrogen and oxygen atoms in total. The first-order valence-corrected chi connectivity index (χ1v) is 14.8. The average molecular weight is 643 g/mol. The zero-order chi connectivity index (χ0) is 32.4. The number of nitrogens with zero attached hydrogens (tertiary/aromatic N) is 4. The van der Waals surface area contributed by atoms with Gasteiger partial charge in [-0.05, 0) is 6.92 Å². The summed E-state index contributed by atoms with van der Waals surface area (Å²) in [4.78, 5) is 31.3. The molecule has 43 heavy (non-hydrogen) atoms. The molecule has 0 radical (unpaired) electrons. The van der Waals surface area contributed by atoms with E-state index >= 15 is 0 Å². The summed E-state index contributed by atoms with van der Waals surface area (Å²) in [7, 11) is 0. The van der Waals surface area contributed by atoms with Crippen molar-refractivity contribution in [3.05, 3.63) is 66.7 Å². The first-order chi connectivity index (χ1) is 19.8. The second-order valence-electron chi connectivity index (χ2n) is 12.8. The van der Waals surface area contributed by atoms with E-state index < -0.39 is 26.6 Å². The van der Waals surface area contributed by atoms with Gasteiger partial charge in [0.15, 0.2) is 0 Å². The molecule has 1 aliphatic carbocycles. The average Bonchev–Trinajstić information content (AvgIpc) is 3.21. The molecule has 2 N–H and O–H groups in total. The minimum absolute atomic E-state index is 0.0173. The van der Waals surface area contributed by atoms with Gasteiger partial charge in [-0.25, -0.2) is 0 Å². The fourth-order valence-electron chi connectivity index (χ4n) is 5.14. The van der Waals surface area contributed by atoms with Crippen LogP contribution in [0.3, 0.4) is 0 Å². The second kappa shape index (κ2) is 12.8. The number of nitro benzene ring substituents is 2. The molecule has 2 fully saturated rings. The van der Waals surface area contributed by atoms with Crippen LogP contribution in [0.15, 0.2) is 24.3 Å². The van der Waals surface area contributed by atoms with Crippen LogP contribution in [-0.2, 0) is 30.8 Å². The number of non-ortho nitro benzene ring substituents is 2. The van der Waals surface area contributed by atoms with Gasteiger partial charge in [-0.3, -0.25) is 0 Å². The molecule has 4 rings (SSSR count). The van der Waals surface area contributed by atoms with Crippen molar-refractivity contribution < 1.29 is 52.3 Å². The third-order valence-electron chi connectivity index (χ3n) is 7.25. The number of hydrogen-bond donors (Lipinski definition) is 2. The van der Waals surface area contributed by atoms with Crippen LogP contribution in [0, 0.1) is 20.2 Å². The van der Waals surface area contributed by atoms with Crippen molar-refractivity contribution in [1.82, 2.24) is 0 Å². The molecule has 0 unspecified atom stereocenters. The molecule has 1 aliphatic heterocycles. The SMILES string of the molecule is CC(=O)[O-].CC(C)(C)c1cc([N+](=O)[O-])cc(C=[N+]2[Co][N+](=Cc3cc([N+](=O)[O-])cc(C(C)(C)C)c3O)[C@@H]3CCCC[C@H]32)c1O. The van der Waals surface area contributed by atoms with E-state index in [1.165, 1.54) is 24.3 Å². The van der Waals surface area contributed by atoms with E-state index in [0.29, 0.717) is 22.3 Å². The molecule has 2 aromatic carbocycles. The van der Waals surface area contributed by atoms with E-state index in [1.807, 2.05) is 41.5 Å². The van der Waals surface area contributed by atoms with Crippen molar-refractivity contribution in [2.45, 2.75) is 97.1 Å². The van der Waals surface area contributed by atoms with Gasteiger partial charge in [-0.15, -0.1) is 0 Å². The summed E-state index contributed by atoms with van der Waals surface area (Å²) < 4.78 is 4.11. The van der Waals surface area contributed by atoms with E-state index in [-0.39, 0.29) is 35.0 Å². The number of carbonyl (C=O) groups is 1. The second-order valence-corrected chi connectivity index (χ2v) is 14.0. The molecule has 1 saturated carbocycles. The summed E-state index contributed by atoms with van der Waals surface area (Å²) in [5, 5.41) is 54.5. The van der Waals surface area contributed by atoms with E-state index in [2.05, 4.69) is 7.25 Å². The Morgan fingerprint density at radius 1 is 0.814 bits per heavy atom. The topological polar surface area (TPSA) is 173 Å². The predicted octanol–water partition coefficient (Wildman–Crippen LogP) is 4.07. The first kappa shape index (κ1) is 33.7. The Labute approximate surface area is 257 Å². The Morgan fingerprint density at radius 3 is 1.42 bits per heavy atom. The Bertz CT molecular complexity index is 1400. The summed E-state index contributed by atoms with van der Waals surface area (Å²) in [6, 6.07) is 5.80. The van der Waals surface area contributed by atoms with Crippen molar-refractivity contribution in [2.24, 2.45) is 0 Å². The van der Waals surface area contributed by atoms with Crippen LogP contribution in [0.25, 0.3) is 0 Å². The normalized spacial score (nSPS) is 20.5. The predicted molar refractivity (Wildman–Crippen MR) is 155 cm³/mol. The van der Waals surface area contributed by atoms with E-state index in [9.17, 15) is 30.4 Å². The number of rotatable bonds is 4. The first-order valence-electron chi connectivity index (χ1n) is 13.9. The molecular formula is C30H39CoN4O8+. The van der Waals surface area contributed by atoms with Crippen molar-refractivity contribution in [2.75, 3.05) is 0 Å². The van der Waals surface area contributed by atoms with E-state index in [1.54, 1.807) is 12.4 Å². The summed E-state index contributed by atoms with van der Waals surface area (Å²) in [6.07, 6.45) is 7.41. The molecule has 0 spiro atoms. The van der Waals surface area contributed by atoms with Crippen molar-refractivity contribution >= 4 is 29.8 Å². The molecule has 0 amide bonds. The van der Waals surface area contributed by atoms with Crippen LogP contribution in [0.2, 0.25) is 0 Å². The zero-order valence-corrected chi connectivity index (χ0v) is 26.5. The molecule has 1 saturated heterocycles. The van der Waals surface area contributed by atoms with Gasteiger partial charge < -0.3 is 9.90 Å². The van der Waals surface area contributed by atoms with Gasteiger partial charge >= 0.3 is 235 Å². The number of hydrogen-bond acceptors (Lipinski definition) is 8. The summed E-state index contributed by atoms with van der Waals surface area (Å²) >= 11 is 0.772. The van der Waals surface area contributed by atoms with E-state index in [4.69, 9.17) is 9.90 Å². The summed E-state index contributed by atoms with van der Waals surface area (Å²) in [5.41, 5.74) is 0.576. The third-order valence-corrected chi connectivity index (χ3v) is 8.69. The number of aromatic hydroxyl groups is 2. The van der Waals surface area contributed by atoms with E-state index in [0.717, 1.165) is 47.7 Å². The molecule has 2 atom stereocenters. The molecule has 2 aliphatic rings. The van der Waals surface area contributed by atoms with Crippen LogP contribution in [0.5, 0.6) is 11.5 Å². The summed E-state index contributed by atoms with van der Waals surface area (Å²) in [5.74, 6) is -1.05. The number of aliphatic carboxylic acids is 1. The third kappa shape index (κ3) is 7.96. The molecule has 1 heterocycles. The Morgan fingerprint density at radius 2 is 1.14 bits per heavy atom. The molecule has 13 heteroatoms. The van der Waals surface area contributed by atoms with Crippen LogP contribution in [-0.4, -0.2) is 57.8 Å². The van der Waals surface area contributed by atoms with Gasteiger partial charge in [-0.1, -0.05) is 0 Å². The molecule has 2 aromatic rings. The number of benzene rings is 2. The number of carbonyl (C=O) groups excluding carboxylic acids is 1. The molecule has 235 valence electrons. The maximum absolute atomic E-state index is 11.7. The standard InChI is InChI=1S/C28H36N4O6.C2H4O2.Co/c1-27(2,3)21-13-19(31(35)36)11-17(25(21)33)15-29-23-9-7-8-10-24(23)30-16-18-12-20(32(37)38)14-22(26(18)34)28(4,5)6;1-2(3)4;/h11-16,23-24,33-34H,7-10H2,1-6H3;1H3,(H,3,4);/q;;+2/p-1/t23-,24-;;/m1../s1. The Hall–Kier alpha value is -3.84. The van der Waals surface area contributed by atoms with Gasteiger partial charge in [0.2, 0.25) is 0 Å². The van der Waals surface area contributed by atoms with Gasteiger partial charge in [0.25, 0.3) is 0 Å². The number of carboxylic acids is 1. The van der Waals surface area contributed by atoms with Gasteiger partial charge in [0.05, 0.1) is 0 Å². The molecule has 0 aromatic heterocycles. The summed E-state index contributed by atoms with van der Waals surface area (Å²) in [6.45, 7) is 12.4. The molecular weight excluding hydrogens is 603 g/mol. The quantitative estimate of drug-likeness (QED) is 0.371. The number of phenols is 2. The van der Waals surface area contributed by atoms with Crippen molar-refractivity contribution in [3.63, 3.8) is 0 Å². The Balaban J connectivity index is 0.00000119. The molecule has 0 bridgehead atoms. The van der Waals surface area contributed by atoms with Gasteiger partial charge in [0.1, 0.15) is 0 Å². The minimum atomic E-state index is -1.08. The number of fused-ring (bicyclic) bond motifs is 1. The van der Waals surface area contributed by atoms with Gasteiger partial charge in [-0.2, -0.15) is 0 Å². The van der Waals surface area contributed by atoms with Crippen molar-refractivity contribution in [3.8, 4) is 11.5 Å². The maximum atomic E-state index is 11.7. The fourth-order valence-corrected chi connectivity index (χ4v) is 6.77. The van der Waals surface area contributed by atoms with Crippen LogP contribution < -0.4 is 5.11 Å². The fraction of sp³-hybridized carbons (Fsp3) is 0.500. The number of phenolic OH excluding ortho intramolecular Hbond substituents is 2. The monoisotopic (exact) mass is 642 g/mol. The van der Waals surface area contributed by atoms with Crippen molar-refractivity contribution in [1.29, 1.82) is 0 Å². The Kier molecular flexibility index (Phi) is 10.0.